The zero-order chi connectivity index (χ0) is 19.9. The van der Waals surface area contributed by atoms with Crippen LogP contribution in [0.4, 0.5) is 9.52 Å². The van der Waals surface area contributed by atoms with Crippen LogP contribution in [0.2, 0.25) is 0 Å². The maximum atomic E-state index is 14.2. The first-order chi connectivity index (χ1) is 13.5. The second kappa shape index (κ2) is 7.06. The molecule has 2 atom stereocenters. The summed E-state index contributed by atoms with van der Waals surface area (Å²) in [4.78, 5) is 28.9. The Hall–Kier alpha value is -2.65. The zero-order valence-electron chi connectivity index (χ0n) is 15.3. The van der Waals surface area contributed by atoms with E-state index in [1.807, 2.05) is 30.3 Å². The summed E-state index contributed by atoms with van der Waals surface area (Å²) in [5.41, 5.74) is 0.245. The average Bonchev–Trinajstić information content (AvgIpc) is 3.30. The van der Waals surface area contributed by atoms with Gasteiger partial charge in [0.2, 0.25) is 10.8 Å². The van der Waals surface area contributed by atoms with Crippen LogP contribution in [0.3, 0.4) is 0 Å². The van der Waals surface area contributed by atoms with E-state index in [1.165, 1.54) is 11.3 Å². The van der Waals surface area contributed by atoms with Crippen molar-refractivity contribution in [1.29, 1.82) is 0 Å². The van der Waals surface area contributed by atoms with Crippen LogP contribution in [-0.4, -0.2) is 38.3 Å². The number of fused-ring (bicyclic) bond motifs is 1. The lowest BCUT2D eigenvalue weighted by Crippen LogP contribution is -2.55. The van der Waals surface area contributed by atoms with Gasteiger partial charge in [0, 0.05) is 18.4 Å². The molecule has 1 aliphatic rings. The van der Waals surface area contributed by atoms with E-state index in [1.54, 1.807) is 6.92 Å². The van der Waals surface area contributed by atoms with Gasteiger partial charge in [-0.2, -0.15) is 8.91 Å². The molecule has 0 bridgehead atoms. The molecular formula is C19H20FN4O3S+. The predicted molar refractivity (Wildman–Crippen MR) is 104 cm³/mol. The Morgan fingerprint density at radius 2 is 2.14 bits per heavy atom. The summed E-state index contributed by atoms with van der Waals surface area (Å²) in [5, 5.41) is 14.7. The van der Waals surface area contributed by atoms with Crippen LogP contribution in [0.5, 0.6) is 0 Å². The molecule has 0 aliphatic carbocycles. The van der Waals surface area contributed by atoms with E-state index in [-0.39, 0.29) is 10.2 Å². The van der Waals surface area contributed by atoms with Gasteiger partial charge in [0.15, 0.2) is 6.04 Å². The number of hydrogen-bond acceptors (Lipinski definition) is 5. The van der Waals surface area contributed by atoms with Crippen LogP contribution in [0.15, 0.2) is 35.1 Å². The van der Waals surface area contributed by atoms with E-state index in [0.717, 1.165) is 16.5 Å². The van der Waals surface area contributed by atoms with Crippen LogP contribution >= 0.6 is 11.3 Å². The number of rotatable bonds is 5. The minimum atomic E-state index is -0.900. The Bertz CT molecular complexity index is 1100. The summed E-state index contributed by atoms with van der Waals surface area (Å²) in [6.45, 7) is 2.76. The van der Waals surface area contributed by atoms with E-state index >= 15 is 0 Å². The lowest BCUT2D eigenvalue weighted by atomic mass is 10.1. The van der Waals surface area contributed by atoms with Crippen molar-refractivity contribution in [3.8, 4) is 0 Å². The van der Waals surface area contributed by atoms with Crippen molar-refractivity contribution in [3.63, 3.8) is 0 Å². The number of likely N-dealkylation sites (tertiary alicyclic amines) is 1. The molecular weight excluding hydrogens is 383 g/mol. The number of nitrogens with zero attached hydrogens (tertiary/aromatic N) is 4. The summed E-state index contributed by atoms with van der Waals surface area (Å²) in [6, 6.07) is 8.94. The van der Waals surface area contributed by atoms with Crippen LogP contribution in [0, 0.1) is 5.82 Å². The predicted octanol–water partition coefficient (Wildman–Crippen LogP) is 2.61. The monoisotopic (exact) mass is 403 g/mol. The lowest BCUT2D eigenvalue weighted by molar-refractivity contribution is -0.142. The third kappa shape index (κ3) is 2.91. The van der Waals surface area contributed by atoms with Gasteiger partial charge in [0.25, 0.3) is 0 Å². The quantitative estimate of drug-likeness (QED) is 0.662. The number of quaternary nitrogens is 1. The number of carboxylic acid groups (broad SMARTS) is 1. The second-order valence-corrected chi connectivity index (χ2v) is 7.94. The molecule has 2 aromatic heterocycles. The summed E-state index contributed by atoms with van der Waals surface area (Å²) < 4.78 is 15.3. The van der Waals surface area contributed by atoms with Gasteiger partial charge in [0.05, 0.1) is 12.2 Å². The largest absolute Gasteiger partial charge is 0.477 e. The highest BCUT2D eigenvalue weighted by molar-refractivity contribution is 7.20. The maximum absolute atomic E-state index is 14.2. The highest BCUT2D eigenvalue weighted by atomic mass is 32.1. The number of carbonyl (C=O) groups is 1. The number of aromatic nitrogens is 3. The number of hydrogen-bond donors (Lipinski definition) is 1. The molecule has 1 aliphatic heterocycles. The standard InChI is InChI=1S/C19H19FN4O3S/c1-2-13-15(20)16(25)23-18(21-13)28-19(22-23)24(10-6-9-14(24)17(26)27)11-12-7-4-3-5-8-12/h3-5,7-8,14H,2,6,9-11H2,1H3/p+1/t14?,24-/m1/s1. The molecule has 0 spiro atoms. The van der Waals surface area contributed by atoms with Gasteiger partial charge in [-0.15, -0.1) is 0 Å². The van der Waals surface area contributed by atoms with E-state index in [4.69, 9.17) is 0 Å². The summed E-state index contributed by atoms with van der Waals surface area (Å²) >= 11 is 1.17. The Balaban J connectivity index is 1.91. The fourth-order valence-electron chi connectivity index (χ4n) is 3.97. The van der Waals surface area contributed by atoms with E-state index in [9.17, 15) is 19.1 Å². The summed E-state index contributed by atoms with van der Waals surface area (Å²) in [6.07, 6.45) is 1.55. The molecule has 4 rings (SSSR count). The van der Waals surface area contributed by atoms with E-state index in [0.29, 0.717) is 36.0 Å². The van der Waals surface area contributed by atoms with Gasteiger partial charge in [-0.25, -0.2) is 14.3 Å². The van der Waals surface area contributed by atoms with Crippen LogP contribution < -0.4 is 10.0 Å². The normalized spacial score (nSPS) is 22.0. The van der Waals surface area contributed by atoms with Crippen LogP contribution in [-0.2, 0) is 17.8 Å². The van der Waals surface area contributed by atoms with Gasteiger partial charge >= 0.3 is 16.7 Å². The van der Waals surface area contributed by atoms with Crippen molar-refractivity contribution < 1.29 is 14.3 Å². The van der Waals surface area contributed by atoms with Gasteiger partial charge in [-0.3, -0.25) is 4.79 Å². The number of benzene rings is 1. The fourth-order valence-corrected chi connectivity index (χ4v) is 5.09. The zero-order valence-corrected chi connectivity index (χ0v) is 16.2. The molecule has 9 heteroatoms. The van der Waals surface area contributed by atoms with E-state index < -0.39 is 23.4 Å². The lowest BCUT2D eigenvalue weighted by Gasteiger charge is -2.34. The van der Waals surface area contributed by atoms with Crippen molar-refractivity contribution in [2.75, 3.05) is 6.54 Å². The Labute approximate surface area is 164 Å². The fraction of sp³-hybridized carbons (Fsp3) is 0.368. The second-order valence-electron chi connectivity index (χ2n) is 7.01. The third-order valence-corrected chi connectivity index (χ3v) is 6.43. The molecule has 0 saturated carbocycles. The smallest absolute Gasteiger partial charge is 0.363 e. The van der Waals surface area contributed by atoms with Crippen molar-refractivity contribution in [1.82, 2.24) is 19.1 Å². The first-order valence-electron chi connectivity index (χ1n) is 9.18. The topological polar surface area (TPSA) is 84.6 Å². The maximum Gasteiger partial charge on any atom is 0.363 e. The molecule has 1 saturated heterocycles. The van der Waals surface area contributed by atoms with Crippen LogP contribution in [0.1, 0.15) is 31.0 Å². The molecule has 1 aromatic carbocycles. The van der Waals surface area contributed by atoms with Gasteiger partial charge in [-0.05, 0) is 17.8 Å². The number of halogens is 1. The molecule has 28 heavy (non-hydrogen) atoms. The molecule has 1 unspecified atom stereocenters. The molecule has 3 heterocycles. The first-order valence-corrected chi connectivity index (χ1v) is 10.00. The van der Waals surface area contributed by atoms with Crippen molar-refractivity contribution >= 4 is 27.4 Å². The third-order valence-electron chi connectivity index (χ3n) is 5.35. The summed E-state index contributed by atoms with van der Waals surface area (Å²) in [7, 11) is 0. The van der Waals surface area contributed by atoms with Gasteiger partial charge < -0.3 is 5.11 Å². The van der Waals surface area contributed by atoms with Crippen molar-refractivity contribution in [3.05, 3.63) is 57.8 Å². The van der Waals surface area contributed by atoms with Crippen LogP contribution in [0.25, 0.3) is 4.96 Å². The van der Waals surface area contributed by atoms with Crippen molar-refractivity contribution in [2.24, 2.45) is 0 Å². The average molecular weight is 403 g/mol. The Kier molecular flexibility index (Phi) is 4.72. The van der Waals surface area contributed by atoms with E-state index in [2.05, 4.69) is 10.1 Å². The molecule has 0 radical (unpaired) electrons. The highest BCUT2D eigenvalue weighted by Crippen LogP contribution is 2.39. The Morgan fingerprint density at radius 3 is 2.82 bits per heavy atom. The SMILES string of the molecule is CCc1nc2sc([N@@+]3(Cc4ccccc4)CCCC3C(=O)O)nn2c(=O)c1F. The Morgan fingerprint density at radius 1 is 1.39 bits per heavy atom. The highest BCUT2D eigenvalue weighted by Gasteiger charge is 2.50. The molecule has 1 N–H and O–H groups in total. The molecule has 3 aromatic rings. The minimum absolute atomic E-state index is 0.103. The molecule has 7 nitrogen and oxygen atoms in total. The van der Waals surface area contributed by atoms with Gasteiger partial charge in [-0.1, -0.05) is 42.4 Å². The molecule has 1 fully saturated rings. The van der Waals surface area contributed by atoms with Gasteiger partial charge in [0.1, 0.15) is 6.54 Å². The van der Waals surface area contributed by atoms with Crippen molar-refractivity contribution in [2.45, 2.75) is 38.8 Å². The number of aliphatic carboxylic acids is 1. The minimum Gasteiger partial charge on any atom is -0.477 e. The molecule has 146 valence electrons. The number of carboxylic acids is 1. The first kappa shape index (κ1) is 18.7. The molecule has 0 amide bonds. The summed E-state index contributed by atoms with van der Waals surface area (Å²) in [5.74, 6) is -1.80. The number of aryl methyl sites for hydroxylation is 1.